The molecule has 0 radical (unpaired) electrons. The van der Waals surface area contributed by atoms with Crippen LogP contribution in [0.4, 0.5) is 10.8 Å². The first-order valence-corrected chi connectivity index (χ1v) is 21.5. The average molecular weight is 852 g/mol. The molecule has 1 aliphatic heterocycles. The van der Waals surface area contributed by atoms with Gasteiger partial charge in [0.1, 0.15) is 33.7 Å². The number of carbonyl (C=O) groups is 3. The summed E-state index contributed by atoms with van der Waals surface area (Å²) in [5.41, 5.74) is 0.680. The van der Waals surface area contributed by atoms with Crippen molar-refractivity contribution >= 4 is 60.9 Å². The number of amides is 2. The van der Waals surface area contributed by atoms with Crippen molar-refractivity contribution in [2.75, 3.05) is 57.3 Å². The van der Waals surface area contributed by atoms with E-state index in [2.05, 4.69) is 32.6 Å². The Morgan fingerprint density at radius 2 is 1.85 bits per heavy atom. The van der Waals surface area contributed by atoms with Crippen LogP contribution in [-0.4, -0.2) is 112 Å². The average Bonchev–Trinajstić information content (AvgIpc) is 3.45. The van der Waals surface area contributed by atoms with Crippen LogP contribution < -0.4 is 35.5 Å². The van der Waals surface area contributed by atoms with Gasteiger partial charge in [0.25, 0.3) is 15.9 Å². The van der Waals surface area contributed by atoms with Crippen molar-refractivity contribution in [1.82, 2.24) is 25.3 Å². The monoisotopic (exact) mass is 851 g/mol. The van der Waals surface area contributed by atoms with Gasteiger partial charge in [0.05, 0.1) is 62.9 Å². The first kappa shape index (κ1) is 43.2. The zero-order valence-electron chi connectivity index (χ0n) is 33.0. The lowest BCUT2D eigenvalue weighted by Crippen LogP contribution is -2.55. The van der Waals surface area contributed by atoms with Crippen molar-refractivity contribution < 1.29 is 46.9 Å². The van der Waals surface area contributed by atoms with Crippen LogP contribution in [0, 0.1) is 5.92 Å². The summed E-state index contributed by atoms with van der Waals surface area (Å²) in [6.45, 7) is 9.17. The first-order chi connectivity index (χ1) is 28.3. The number of rotatable bonds is 22. The summed E-state index contributed by atoms with van der Waals surface area (Å²) in [6.07, 6.45) is 1.45. The van der Waals surface area contributed by atoms with Gasteiger partial charge in [-0.15, -0.1) is 17.9 Å². The highest BCUT2D eigenvalue weighted by Crippen LogP contribution is 2.45. The molecule has 1 aliphatic carbocycles. The van der Waals surface area contributed by atoms with E-state index in [4.69, 9.17) is 34.0 Å². The molecule has 0 bridgehead atoms. The Morgan fingerprint density at radius 1 is 1.07 bits per heavy atom. The number of aromatic nitrogens is 2. The molecule has 2 aromatic heterocycles. The molecule has 3 heterocycles. The number of anilines is 2. The molecule has 2 aromatic carbocycles. The number of pyridine rings is 1. The van der Waals surface area contributed by atoms with E-state index in [1.54, 1.807) is 19.2 Å². The van der Waals surface area contributed by atoms with Gasteiger partial charge in [0.15, 0.2) is 5.13 Å². The molecule has 6 N–H and O–H groups in total. The lowest BCUT2D eigenvalue weighted by Gasteiger charge is -2.21. The topological polar surface area (TPSA) is 228 Å². The normalized spacial score (nSPS) is 19.9. The molecule has 1 saturated heterocycles. The van der Waals surface area contributed by atoms with Gasteiger partial charge < -0.3 is 45.3 Å². The molecule has 59 heavy (non-hydrogen) atoms. The summed E-state index contributed by atoms with van der Waals surface area (Å²) in [7, 11) is -2.81. The second-order valence-electron chi connectivity index (χ2n) is 14.4. The summed E-state index contributed by atoms with van der Waals surface area (Å²) in [6, 6.07) is 12.9. The minimum Gasteiger partial charge on any atom is -0.497 e. The highest BCUT2D eigenvalue weighted by molar-refractivity contribution is 7.90. The van der Waals surface area contributed by atoms with Crippen LogP contribution in [0.2, 0.25) is 0 Å². The molecule has 4 atom stereocenters. The number of hydrogen-bond donors (Lipinski definition) is 6. The van der Waals surface area contributed by atoms with E-state index in [-0.39, 0.29) is 68.9 Å². The molecule has 1 saturated carbocycles. The Bertz CT molecular complexity index is 2270. The largest absolute Gasteiger partial charge is 0.497 e. The van der Waals surface area contributed by atoms with E-state index >= 15 is 0 Å². The number of ether oxygens (including phenoxy) is 4. The summed E-state index contributed by atoms with van der Waals surface area (Å²) in [5.74, 6) is -1.59. The van der Waals surface area contributed by atoms with Crippen LogP contribution in [0.15, 0.2) is 71.5 Å². The Hall–Kier alpha value is -5.34. The summed E-state index contributed by atoms with van der Waals surface area (Å²) in [4.78, 5) is 47.5. The number of carbonyl (C=O) groups excluding carboxylic acids is 2. The maximum absolute atomic E-state index is 13.8. The minimum absolute atomic E-state index is 0.0784. The van der Waals surface area contributed by atoms with Crippen LogP contribution in [0.5, 0.6) is 11.5 Å². The maximum Gasteiger partial charge on any atom is 0.305 e. The molecule has 316 valence electrons. The summed E-state index contributed by atoms with van der Waals surface area (Å²) in [5, 5.41) is 24.5. The minimum atomic E-state index is -4.39. The first-order valence-electron chi connectivity index (χ1n) is 19.1. The van der Waals surface area contributed by atoms with E-state index in [0.717, 1.165) is 10.5 Å². The molecular formula is C40H49N7O10S2. The smallest absolute Gasteiger partial charge is 0.305 e. The van der Waals surface area contributed by atoms with Crippen molar-refractivity contribution in [1.29, 1.82) is 0 Å². The standard InChI is InChI=1S/C40H49N7O10S2/c1-5-25-21-40(25,38(51)47-59(52,53)35-9-7-6-8-29(35)41-13-15-56-17-16-55-14-12-36(48)49)46-37(50)32-19-27(22-42-32)57-34-20-31(33-23-58-39(45-33)43-24(2)3)44-30-18-26(54-4)10-11-28(30)34/h5-11,18,20,23-25,27,32,41-42H,1,12-17,19,21-22H2,2-4H3,(H,43,45)(H,46,50)(H,47,51)(H,48,49)/t25-,27-,32+,40-/m1/s1. The van der Waals surface area contributed by atoms with Crippen LogP contribution in [0.25, 0.3) is 22.3 Å². The third-order valence-electron chi connectivity index (χ3n) is 9.71. The molecule has 19 heteroatoms. The Balaban J connectivity index is 1.08. The zero-order chi connectivity index (χ0) is 42.2. The Kier molecular flexibility index (Phi) is 14.0. The van der Waals surface area contributed by atoms with Crippen molar-refractivity contribution in [3.8, 4) is 22.9 Å². The molecule has 2 amide bonds. The van der Waals surface area contributed by atoms with Crippen LogP contribution in [0.3, 0.4) is 0 Å². The number of carboxylic acids is 1. The van der Waals surface area contributed by atoms with Gasteiger partial charge in [-0.2, -0.15) is 0 Å². The molecule has 0 unspecified atom stereocenters. The number of fused-ring (bicyclic) bond motifs is 1. The number of carboxylic acid groups (broad SMARTS) is 1. The van der Waals surface area contributed by atoms with Crippen molar-refractivity contribution in [3.05, 3.63) is 66.6 Å². The Morgan fingerprint density at radius 3 is 2.58 bits per heavy atom. The molecule has 0 spiro atoms. The number of methoxy groups -OCH3 is 1. The third-order valence-corrected chi connectivity index (χ3v) is 11.9. The van der Waals surface area contributed by atoms with Crippen molar-refractivity contribution in [2.24, 2.45) is 5.92 Å². The molecule has 17 nitrogen and oxygen atoms in total. The number of aliphatic carboxylic acids is 1. The van der Waals surface area contributed by atoms with Gasteiger partial charge in [0.2, 0.25) is 5.91 Å². The van der Waals surface area contributed by atoms with E-state index in [1.165, 1.54) is 29.5 Å². The molecule has 4 aromatic rings. The van der Waals surface area contributed by atoms with Gasteiger partial charge in [0, 0.05) is 54.4 Å². The predicted molar refractivity (Wildman–Crippen MR) is 222 cm³/mol. The van der Waals surface area contributed by atoms with Gasteiger partial charge in [-0.3, -0.25) is 14.4 Å². The van der Waals surface area contributed by atoms with E-state index < -0.39 is 51.4 Å². The molecule has 2 aliphatic rings. The summed E-state index contributed by atoms with van der Waals surface area (Å²) < 4.78 is 52.1. The predicted octanol–water partition coefficient (Wildman–Crippen LogP) is 3.78. The van der Waals surface area contributed by atoms with Gasteiger partial charge in [-0.25, -0.2) is 23.1 Å². The van der Waals surface area contributed by atoms with Crippen LogP contribution in [0.1, 0.15) is 33.1 Å². The van der Waals surface area contributed by atoms with Crippen molar-refractivity contribution in [2.45, 2.75) is 61.7 Å². The Labute approximate surface area is 346 Å². The maximum atomic E-state index is 13.8. The second-order valence-corrected chi connectivity index (χ2v) is 16.9. The molecule has 2 fully saturated rings. The number of benzene rings is 2. The van der Waals surface area contributed by atoms with E-state index in [0.29, 0.717) is 34.9 Å². The number of thiazole rings is 1. The highest BCUT2D eigenvalue weighted by atomic mass is 32.2. The highest BCUT2D eigenvalue weighted by Gasteiger charge is 2.61. The summed E-state index contributed by atoms with van der Waals surface area (Å²) >= 11 is 1.48. The quantitative estimate of drug-likeness (QED) is 0.0489. The second kappa shape index (κ2) is 19.2. The molecular weight excluding hydrogens is 803 g/mol. The number of nitrogens with one attached hydrogen (secondary N) is 5. The van der Waals surface area contributed by atoms with E-state index in [9.17, 15) is 22.8 Å². The lowest BCUT2D eigenvalue weighted by atomic mass is 10.1. The molecule has 6 rings (SSSR count). The fourth-order valence-corrected chi connectivity index (χ4v) is 8.68. The van der Waals surface area contributed by atoms with Crippen molar-refractivity contribution in [3.63, 3.8) is 0 Å². The lowest BCUT2D eigenvalue weighted by molar-refractivity contribution is -0.138. The zero-order valence-corrected chi connectivity index (χ0v) is 34.6. The van der Waals surface area contributed by atoms with Crippen LogP contribution in [-0.2, 0) is 33.9 Å². The SMILES string of the molecule is C=C[C@@H]1C[C@]1(NC(=O)[C@@H]1C[C@@H](Oc2cc(-c3csc(NC(C)C)n3)nc3cc(OC)ccc23)CN1)C(=O)NS(=O)(=O)c1ccccc1NCCOCCOCCC(=O)O. The number of nitrogens with zero attached hydrogens (tertiary/aromatic N) is 2. The van der Waals surface area contributed by atoms with Gasteiger partial charge >= 0.3 is 5.97 Å². The number of sulfonamides is 1. The van der Waals surface area contributed by atoms with E-state index in [1.807, 2.05) is 43.5 Å². The number of hydrogen-bond acceptors (Lipinski definition) is 15. The third kappa shape index (κ3) is 10.8. The van der Waals surface area contributed by atoms with Gasteiger partial charge in [-0.05, 0) is 44.5 Å². The van der Waals surface area contributed by atoms with Crippen LogP contribution >= 0.6 is 11.3 Å². The fourth-order valence-electron chi connectivity index (χ4n) is 6.60. The van der Waals surface area contributed by atoms with Gasteiger partial charge in [-0.1, -0.05) is 18.2 Å². The number of para-hydroxylation sites is 1. The fraction of sp³-hybridized carbons (Fsp3) is 0.425.